The number of carbonyl (C=O) groups is 2. The van der Waals surface area contributed by atoms with Gasteiger partial charge in [-0.15, -0.1) is 0 Å². The van der Waals surface area contributed by atoms with Crippen molar-refractivity contribution in [3.05, 3.63) is 65.9 Å². The number of hydrogen-bond acceptors (Lipinski definition) is 7. The smallest absolute Gasteiger partial charge is 0.260 e. The number of piperazine rings is 1. The molecule has 0 spiro atoms. The van der Waals surface area contributed by atoms with Crippen molar-refractivity contribution < 1.29 is 14.3 Å². The summed E-state index contributed by atoms with van der Waals surface area (Å²) in [5.74, 6) is 1.10. The van der Waals surface area contributed by atoms with Crippen molar-refractivity contribution in [2.24, 2.45) is 0 Å². The van der Waals surface area contributed by atoms with Crippen LogP contribution in [0.4, 0.5) is 28.6 Å². The Morgan fingerprint density at radius 2 is 1.92 bits per heavy atom. The molecule has 0 bridgehead atoms. The molecule has 2 N–H and O–H groups in total. The summed E-state index contributed by atoms with van der Waals surface area (Å²) in [4.78, 5) is 36.3. The zero-order chi connectivity index (χ0) is 26.1. The molecule has 0 aliphatic carbocycles. The number of benzene rings is 2. The van der Waals surface area contributed by atoms with Crippen molar-refractivity contribution in [2.45, 2.75) is 19.9 Å². The van der Waals surface area contributed by atoms with Gasteiger partial charge in [0.15, 0.2) is 0 Å². The van der Waals surface area contributed by atoms with E-state index in [1.807, 2.05) is 66.2 Å². The topological polar surface area (TPSA) is 90.0 Å². The van der Waals surface area contributed by atoms with Crippen LogP contribution in [0.25, 0.3) is 0 Å². The van der Waals surface area contributed by atoms with E-state index in [1.54, 1.807) is 24.2 Å². The van der Waals surface area contributed by atoms with Gasteiger partial charge in [-0.2, -0.15) is 0 Å². The first-order chi connectivity index (χ1) is 17.9. The molecule has 2 amide bonds. The third-order valence-corrected chi connectivity index (χ3v) is 6.83. The molecule has 9 nitrogen and oxygen atoms in total. The third-order valence-electron chi connectivity index (χ3n) is 6.83. The second-order valence-electron chi connectivity index (χ2n) is 9.37. The van der Waals surface area contributed by atoms with Crippen molar-refractivity contribution in [1.29, 1.82) is 0 Å². The van der Waals surface area contributed by atoms with Crippen molar-refractivity contribution in [2.75, 3.05) is 55.5 Å². The van der Waals surface area contributed by atoms with E-state index in [-0.39, 0.29) is 17.9 Å². The molecule has 3 aromatic rings. The highest BCUT2D eigenvalue weighted by atomic mass is 16.5. The van der Waals surface area contributed by atoms with Crippen LogP contribution in [0.1, 0.15) is 34.6 Å². The number of pyridine rings is 1. The van der Waals surface area contributed by atoms with Crippen LogP contribution in [0, 0.1) is 0 Å². The maximum atomic E-state index is 13.1. The number of para-hydroxylation sites is 1. The SMILES string of the molecule is CCOc1cc(C(=O)N2CCNC(C)C2)ccc1Nc1cc2c(cn1)N(C)C(=O)c1ccccc1N2C. The summed E-state index contributed by atoms with van der Waals surface area (Å²) in [6.07, 6.45) is 1.70. The number of hydrogen-bond donors (Lipinski definition) is 2. The zero-order valence-electron chi connectivity index (χ0n) is 21.6. The van der Waals surface area contributed by atoms with Crippen molar-refractivity contribution in [3.8, 4) is 5.75 Å². The van der Waals surface area contributed by atoms with Gasteiger partial charge in [0.25, 0.3) is 11.8 Å². The van der Waals surface area contributed by atoms with Gasteiger partial charge in [-0.3, -0.25) is 9.59 Å². The molecule has 5 rings (SSSR count). The highest BCUT2D eigenvalue weighted by molar-refractivity contribution is 6.13. The molecule has 9 heteroatoms. The Labute approximate surface area is 217 Å². The Hall–Kier alpha value is -4.11. The van der Waals surface area contributed by atoms with Crippen LogP contribution in [-0.4, -0.2) is 68.1 Å². The lowest BCUT2D eigenvalue weighted by Crippen LogP contribution is -2.51. The van der Waals surface area contributed by atoms with Crippen molar-refractivity contribution >= 4 is 40.4 Å². The summed E-state index contributed by atoms with van der Waals surface area (Å²) in [5, 5.41) is 6.72. The third kappa shape index (κ3) is 4.70. The van der Waals surface area contributed by atoms with E-state index >= 15 is 0 Å². The van der Waals surface area contributed by atoms with E-state index in [0.717, 1.165) is 17.9 Å². The molecule has 1 fully saturated rings. The average Bonchev–Trinajstić information content (AvgIpc) is 2.99. The molecular weight excluding hydrogens is 468 g/mol. The summed E-state index contributed by atoms with van der Waals surface area (Å²) in [7, 11) is 3.70. The van der Waals surface area contributed by atoms with Crippen LogP contribution >= 0.6 is 0 Å². The quantitative estimate of drug-likeness (QED) is 0.547. The predicted molar refractivity (Wildman–Crippen MR) is 146 cm³/mol. The predicted octanol–water partition coefficient (Wildman–Crippen LogP) is 4.02. The van der Waals surface area contributed by atoms with Crippen molar-refractivity contribution in [1.82, 2.24) is 15.2 Å². The monoisotopic (exact) mass is 500 g/mol. The first kappa shape index (κ1) is 24.6. The molecule has 2 aromatic carbocycles. The van der Waals surface area contributed by atoms with Gasteiger partial charge in [0.05, 0.1) is 41.1 Å². The van der Waals surface area contributed by atoms with E-state index in [1.165, 1.54) is 0 Å². The van der Waals surface area contributed by atoms with E-state index in [2.05, 4.69) is 22.5 Å². The molecule has 0 saturated carbocycles. The number of ether oxygens (including phenoxy) is 1. The summed E-state index contributed by atoms with van der Waals surface area (Å²) in [6.45, 7) is 6.59. The van der Waals surface area contributed by atoms with E-state index in [4.69, 9.17) is 4.74 Å². The van der Waals surface area contributed by atoms with Gasteiger partial charge in [-0.05, 0) is 44.2 Å². The molecule has 2 aliphatic heterocycles. The number of amides is 2. The Kier molecular flexibility index (Phi) is 6.71. The number of nitrogens with zero attached hydrogens (tertiary/aromatic N) is 4. The summed E-state index contributed by atoms with van der Waals surface area (Å²) in [5.41, 5.74) is 4.32. The lowest BCUT2D eigenvalue weighted by atomic mass is 10.1. The molecule has 1 atom stereocenters. The Balaban J connectivity index is 1.45. The van der Waals surface area contributed by atoms with Gasteiger partial charge in [0.1, 0.15) is 11.6 Å². The van der Waals surface area contributed by atoms with Crippen LogP contribution in [-0.2, 0) is 0 Å². The van der Waals surface area contributed by atoms with E-state index in [0.29, 0.717) is 53.8 Å². The fourth-order valence-corrected chi connectivity index (χ4v) is 4.87. The number of aromatic nitrogens is 1. The van der Waals surface area contributed by atoms with Crippen LogP contribution < -0.4 is 25.2 Å². The maximum absolute atomic E-state index is 13.1. The van der Waals surface area contributed by atoms with Crippen LogP contribution in [0.5, 0.6) is 5.75 Å². The number of carbonyl (C=O) groups excluding carboxylic acids is 2. The average molecular weight is 501 g/mol. The van der Waals surface area contributed by atoms with Gasteiger partial charge in [0.2, 0.25) is 0 Å². The minimum absolute atomic E-state index is 0.00277. The first-order valence-electron chi connectivity index (χ1n) is 12.5. The Morgan fingerprint density at radius 1 is 1.11 bits per heavy atom. The van der Waals surface area contributed by atoms with Gasteiger partial charge < -0.3 is 30.1 Å². The van der Waals surface area contributed by atoms with E-state index in [9.17, 15) is 9.59 Å². The number of fused-ring (bicyclic) bond motifs is 2. The molecule has 192 valence electrons. The standard InChI is InChI=1S/C28H32N6O3/c1-5-37-25-14-19(27(35)34-13-12-29-18(2)17-34)10-11-21(25)31-26-15-23-24(16-30-26)33(4)28(36)20-8-6-7-9-22(20)32(23)3/h6-11,14-16,18,29H,5,12-13,17H2,1-4H3,(H,30,31). The first-order valence-corrected chi connectivity index (χ1v) is 12.5. The van der Waals surface area contributed by atoms with E-state index < -0.39 is 0 Å². The summed E-state index contributed by atoms with van der Waals surface area (Å²) >= 11 is 0. The van der Waals surface area contributed by atoms with Crippen molar-refractivity contribution in [3.63, 3.8) is 0 Å². The molecule has 37 heavy (non-hydrogen) atoms. The van der Waals surface area contributed by atoms with Crippen LogP contribution in [0.3, 0.4) is 0 Å². The second-order valence-corrected chi connectivity index (χ2v) is 9.37. The Morgan fingerprint density at radius 3 is 2.70 bits per heavy atom. The van der Waals surface area contributed by atoms with Gasteiger partial charge in [-0.1, -0.05) is 12.1 Å². The fraction of sp³-hybridized carbons (Fsp3) is 0.321. The van der Waals surface area contributed by atoms with Gasteiger partial charge in [0, 0.05) is 51.4 Å². The molecule has 3 heterocycles. The number of anilines is 5. The summed E-state index contributed by atoms with van der Waals surface area (Å²) < 4.78 is 5.90. The minimum Gasteiger partial charge on any atom is -0.492 e. The lowest BCUT2D eigenvalue weighted by molar-refractivity contribution is 0.0708. The van der Waals surface area contributed by atoms with Gasteiger partial charge in [-0.25, -0.2) is 4.98 Å². The molecule has 1 saturated heterocycles. The normalized spacial score (nSPS) is 17.1. The maximum Gasteiger partial charge on any atom is 0.260 e. The van der Waals surface area contributed by atoms with Crippen LogP contribution in [0.2, 0.25) is 0 Å². The van der Waals surface area contributed by atoms with Crippen LogP contribution in [0.15, 0.2) is 54.7 Å². The highest BCUT2D eigenvalue weighted by Gasteiger charge is 2.28. The molecular formula is C28H32N6O3. The minimum atomic E-state index is -0.0820. The highest BCUT2D eigenvalue weighted by Crippen LogP contribution is 2.40. The summed E-state index contributed by atoms with van der Waals surface area (Å²) in [6, 6.07) is 15.2. The molecule has 0 radical (unpaired) electrons. The lowest BCUT2D eigenvalue weighted by Gasteiger charge is -2.32. The second kappa shape index (κ2) is 10.1. The molecule has 1 unspecified atom stereocenters. The number of nitrogens with one attached hydrogen (secondary N) is 2. The van der Waals surface area contributed by atoms with Gasteiger partial charge >= 0.3 is 0 Å². The Bertz CT molecular complexity index is 1340. The fourth-order valence-electron chi connectivity index (χ4n) is 4.87. The zero-order valence-corrected chi connectivity index (χ0v) is 21.6. The largest absolute Gasteiger partial charge is 0.492 e. The molecule has 1 aromatic heterocycles. The number of rotatable bonds is 5. The molecule has 2 aliphatic rings.